The smallest absolute Gasteiger partial charge is 0.00506 e. The van der Waals surface area contributed by atoms with Crippen molar-refractivity contribution in [1.82, 2.24) is 4.90 Å². The van der Waals surface area contributed by atoms with Gasteiger partial charge in [0.1, 0.15) is 0 Å². The number of benzene rings is 2. The van der Waals surface area contributed by atoms with Crippen molar-refractivity contribution in [3.63, 3.8) is 0 Å². The molecule has 21 heavy (non-hydrogen) atoms. The van der Waals surface area contributed by atoms with E-state index in [0.29, 0.717) is 5.92 Å². The third-order valence-corrected chi connectivity index (χ3v) is 4.83. The second kappa shape index (κ2) is 6.03. The summed E-state index contributed by atoms with van der Waals surface area (Å²) in [5.74, 6) is 2.17. The van der Waals surface area contributed by atoms with Crippen LogP contribution in [0.5, 0.6) is 0 Å². The lowest BCUT2D eigenvalue weighted by atomic mass is 9.81. The second-order valence-electron chi connectivity index (χ2n) is 6.73. The molecule has 110 valence electrons. The van der Waals surface area contributed by atoms with Crippen LogP contribution in [-0.4, -0.2) is 25.0 Å². The van der Waals surface area contributed by atoms with Gasteiger partial charge in [0, 0.05) is 19.0 Å². The molecule has 2 aromatic carbocycles. The molecule has 0 saturated carbocycles. The maximum Gasteiger partial charge on any atom is 0.00506 e. The summed E-state index contributed by atoms with van der Waals surface area (Å²) in [6.45, 7) is 7.12. The van der Waals surface area contributed by atoms with Crippen LogP contribution in [0, 0.1) is 11.8 Å². The zero-order valence-corrected chi connectivity index (χ0v) is 13.3. The van der Waals surface area contributed by atoms with Gasteiger partial charge < -0.3 is 4.90 Å². The van der Waals surface area contributed by atoms with Gasteiger partial charge in [0.15, 0.2) is 0 Å². The van der Waals surface area contributed by atoms with Gasteiger partial charge in [0.25, 0.3) is 0 Å². The van der Waals surface area contributed by atoms with Crippen molar-refractivity contribution in [2.24, 2.45) is 11.8 Å². The molecule has 0 aliphatic carbocycles. The highest BCUT2D eigenvalue weighted by atomic mass is 15.1. The molecule has 1 fully saturated rings. The summed E-state index contributed by atoms with van der Waals surface area (Å²) in [6.07, 6.45) is 0. The maximum absolute atomic E-state index is 2.48. The minimum atomic E-state index is 0.665. The summed E-state index contributed by atoms with van der Waals surface area (Å²) in [6, 6.07) is 19.8. The van der Waals surface area contributed by atoms with Crippen LogP contribution in [0.1, 0.15) is 25.3 Å². The molecule has 1 nitrogen and oxygen atoms in total. The van der Waals surface area contributed by atoms with Crippen LogP contribution < -0.4 is 0 Å². The number of hydrogen-bond donors (Lipinski definition) is 0. The van der Waals surface area contributed by atoms with Gasteiger partial charge in [-0.25, -0.2) is 0 Å². The van der Waals surface area contributed by atoms with E-state index in [9.17, 15) is 0 Å². The van der Waals surface area contributed by atoms with E-state index < -0.39 is 0 Å². The maximum atomic E-state index is 2.48. The number of hydrogen-bond acceptors (Lipinski definition) is 1. The van der Waals surface area contributed by atoms with E-state index in [0.717, 1.165) is 11.8 Å². The summed E-state index contributed by atoms with van der Waals surface area (Å²) >= 11 is 0. The molecule has 0 aromatic heterocycles. The number of rotatable bonds is 3. The monoisotopic (exact) mass is 279 g/mol. The van der Waals surface area contributed by atoms with Crippen molar-refractivity contribution >= 4 is 0 Å². The Morgan fingerprint density at radius 3 is 2.33 bits per heavy atom. The fourth-order valence-electron chi connectivity index (χ4n) is 3.64. The molecule has 0 radical (unpaired) electrons. The first kappa shape index (κ1) is 14.3. The first-order chi connectivity index (χ1) is 10.1. The average Bonchev–Trinajstić information content (AvgIpc) is 2.91. The molecule has 2 aromatic rings. The minimum Gasteiger partial charge on any atom is -0.305 e. The van der Waals surface area contributed by atoms with Gasteiger partial charge in [0.05, 0.1) is 0 Å². The van der Waals surface area contributed by atoms with Gasteiger partial charge in [0.2, 0.25) is 0 Å². The molecule has 2 atom stereocenters. The van der Waals surface area contributed by atoms with E-state index in [4.69, 9.17) is 0 Å². The van der Waals surface area contributed by atoms with Crippen LogP contribution in [0.4, 0.5) is 0 Å². The molecule has 1 saturated heterocycles. The predicted molar refractivity (Wildman–Crippen MR) is 90.4 cm³/mol. The van der Waals surface area contributed by atoms with Gasteiger partial charge in [-0.2, -0.15) is 0 Å². The van der Waals surface area contributed by atoms with Crippen LogP contribution in [0.3, 0.4) is 0 Å². The molecule has 3 rings (SSSR count). The topological polar surface area (TPSA) is 3.24 Å². The second-order valence-corrected chi connectivity index (χ2v) is 6.73. The third-order valence-electron chi connectivity index (χ3n) is 4.83. The van der Waals surface area contributed by atoms with E-state index in [2.05, 4.69) is 80.4 Å². The fraction of sp³-hybridized carbons (Fsp3) is 0.400. The Kier molecular flexibility index (Phi) is 4.12. The molecule has 1 heteroatoms. The van der Waals surface area contributed by atoms with Gasteiger partial charge >= 0.3 is 0 Å². The molecular formula is C20H25N. The molecule has 0 spiro atoms. The number of nitrogens with zero attached hydrogens (tertiary/aromatic N) is 1. The summed E-state index contributed by atoms with van der Waals surface area (Å²) in [5, 5.41) is 0. The van der Waals surface area contributed by atoms with Crippen molar-refractivity contribution in [1.29, 1.82) is 0 Å². The Bertz CT molecular complexity index is 588. The lowest BCUT2D eigenvalue weighted by Crippen LogP contribution is -2.17. The lowest BCUT2D eigenvalue weighted by molar-refractivity contribution is 0.344. The van der Waals surface area contributed by atoms with Gasteiger partial charge in [-0.3, -0.25) is 0 Å². The standard InChI is InChI=1S/C20H25N/c1-15(2)19-13-21(3)14-20(19)18-11-7-10-17(12-18)16-8-5-4-6-9-16/h4-12,15,19-20H,13-14H2,1-3H3/t19-,20?/m0/s1. The van der Waals surface area contributed by atoms with E-state index in [1.54, 1.807) is 0 Å². The summed E-state index contributed by atoms with van der Waals surface area (Å²) in [4.78, 5) is 2.48. The first-order valence-corrected chi connectivity index (χ1v) is 7.99. The Balaban J connectivity index is 1.93. The molecule has 0 N–H and O–H groups in total. The number of likely N-dealkylation sites (tertiary alicyclic amines) is 1. The Morgan fingerprint density at radius 2 is 1.62 bits per heavy atom. The Morgan fingerprint density at radius 1 is 0.905 bits per heavy atom. The van der Waals surface area contributed by atoms with Crippen molar-refractivity contribution < 1.29 is 0 Å². The Hall–Kier alpha value is -1.60. The molecule has 1 heterocycles. The largest absolute Gasteiger partial charge is 0.305 e. The van der Waals surface area contributed by atoms with Crippen molar-refractivity contribution in [2.75, 3.05) is 20.1 Å². The van der Waals surface area contributed by atoms with E-state index >= 15 is 0 Å². The zero-order chi connectivity index (χ0) is 14.8. The lowest BCUT2D eigenvalue weighted by Gasteiger charge is -2.22. The molecular weight excluding hydrogens is 254 g/mol. The van der Waals surface area contributed by atoms with E-state index in [-0.39, 0.29) is 0 Å². The van der Waals surface area contributed by atoms with Crippen molar-refractivity contribution in [2.45, 2.75) is 19.8 Å². The van der Waals surface area contributed by atoms with Crippen LogP contribution in [0.2, 0.25) is 0 Å². The highest BCUT2D eigenvalue weighted by Crippen LogP contribution is 2.37. The molecule has 1 aliphatic rings. The van der Waals surface area contributed by atoms with Gasteiger partial charge in [-0.1, -0.05) is 68.4 Å². The normalized spacial score (nSPS) is 22.9. The average molecular weight is 279 g/mol. The van der Waals surface area contributed by atoms with Gasteiger partial charge in [-0.15, -0.1) is 0 Å². The van der Waals surface area contributed by atoms with Crippen LogP contribution >= 0.6 is 0 Å². The first-order valence-electron chi connectivity index (χ1n) is 7.99. The predicted octanol–water partition coefficient (Wildman–Crippen LogP) is 4.65. The van der Waals surface area contributed by atoms with Crippen LogP contribution in [0.25, 0.3) is 11.1 Å². The summed E-state index contributed by atoms with van der Waals surface area (Å²) < 4.78 is 0. The summed E-state index contributed by atoms with van der Waals surface area (Å²) in [5.41, 5.74) is 4.15. The molecule has 1 aliphatic heterocycles. The quantitative estimate of drug-likeness (QED) is 0.790. The van der Waals surface area contributed by atoms with E-state index in [1.807, 2.05) is 0 Å². The third kappa shape index (κ3) is 3.03. The zero-order valence-electron chi connectivity index (χ0n) is 13.3. The van der Waals surface area contributed by atoms with E-state index in [1.165, 1.54) is 29.8 Å². The fourth-order valence-corrected chi connectivity index (χ4v) is 3.64. The van der Waals surface area contributed by atoms with Gasteiger partial charge in [-0.05, 0) is 35.6 Å². The molecule has 1 unspecified atom stereocenters. The Labute approximate surface area is 128 Å². The molecule has 0 amide bonds. The SMILES string of the molecule is CC(C)[C@@H]1CN(C)CC1c1cccc(-c2ccccc2)c1. The van der Waals surface area contributed by atoms with Crippen molar-refractivity contribution in [3.8, 4) is 11.1 Å². The van der Waals surface area contributed by atoms with Crippen molar-refractivity contribution in [3.05, 3.63) is 60.2 Å². The van der Waals surface area contributed by atoms with Crippen LogP contribution in [-0.2, 0) is 0 Å². The highest BCUT2D eigenvalue weighted by molar-refractivity contribution is 5.64. The summed E-state index contributed by atoms with van der Waals surface area (Å²) in [7, 11) is 2.25. The molecule has 0 bridgehead atoms. The minimum absolute atomic E-state index is 0.665. The van der Waals surface area contributed by atoms with Crippen LogP contribution in [0.15, 0.2) is 54.6 Å². The number of likely N-dealkylation sites (N-methyl/N-ethyl adjacent to an activating group) is 1. The highest BCUT2D eigenvalue weighted by Gasteiger charge is 2.33.